The van der Waals surface area contributed by atoms with E-state index in [-0.39, 0.29) is 18.0 Å². The van der Waals surface area contributed by atoms with Crippen LogP contribution in [0.15, 0.2) is 18.3 Å². The van der Waals surface area contributed by atoms with Crippen molar-refractivity contribution in [3.05, 3.63) is 24.0 Å². The maximum atomic E-state index is 9.28. The average Bonchev–Trinajstić information content (AvgIpc) is 2.28. The topological polar surface area (TPSA) is 86.2 Å². The monoisotopic (exact) mass is 222 g/mol. The van der Waals surface area contributed by atoms with Crippen LogP contribution in [0.25, 0.3) is 0 Å². The van der Waals surface area contributed by atoms with Crippen LogP contribution in [-0.4, -0.2) is 35.1 Å². The predicted molar refractivity (Wildman–Crippen MR) is 64.8 cm³/mol. The Morgan fingerprint density at radius 3 is 2.75 bits per heavy atom. The van der Waals surface area contributed by atoms with Gasteiger partial charge in [0.25, 0.3) is 0 Å². The number of nitrogens with one attached hydrogen (secondary N) is 1. The van der Waals surface area contributed by atoms with E-state index in [1.165, 1.54) is 0 Å². The van der Waals surface area contributed by atoms with Gasteiger partial charge in [0.05, 0.1) is 12.1 Å². The first-order valence-electron chi connectivity index (χ1n) is 5.03. The standard InChI is InChI=1S/C11H18N4O/c1-11(2,7-16)15(3)8-4-5-14-9(6-8)10(12)13/h4-6,16H,7H2,1-3H3,(H3,12,13). The number of nitrogens with zero attached hydrogens (tertiary/aromatic N) is 2. The molecule has 0 aromatic carbocycles. The zero-order chi connectivity index (χ0) is 12.3. The first kappa shape index (κ1) is 12.4. The molecule has 4 N–H and O–H groups in total. The van der Waals surface area contributed by atoms with Crippen molar-refractivity contribution in [2.24, 2.45) is 5.73 Å². The van der Waals surface area contributed by atoms with E-state index >= 15 is 0 Å². The van der Waals surface area contributed by atoms with E-state index < -0.39 is 0 Å². The summed E-state index contributed by atoms with van der Waals surface area (Å²) in [6, 6.07) is 3.56. The summed E-state index contributed by atoms with van der Waals surface area (Å²) in [5.74, 6) is -0.0583. The number of pyridine rings is 1. The number of rotatable bonds is 4. The highest BCUT2D eigenvalue weighted by Gasteiger charge is 2.23. The van der Waals surface area contributed by atoms with Gasteiger partial charge < -0.3 is 15.7 Å². The number of nitrogens with two attached hydrogens (primary N) is 1. The van der Waals surface area contributed by atoms with Crippen molar-refractivity contribution < 1.29 is 5.11 Å². The molecule has 5 nitrogen and oxygen atoms in total. The van der Waals surface area contributed by atoms with Gasteiger partial charge in [-0.25, -0.2) is 0 Å². The summed E-state index contributed by atoms with van der Waals surface area (Å²) in [4.78, 5) is 5.92. The molecule has 5 heteroatoms. The van der Waals surface area contributed by atoms with Crippen LogP contribution in [-0.2, 0) is 0 Å². The van der Waals surface area contributed by atoms with Crippen molar-refractivity contribution in [2.45, 2.75) is 19.4 Å². The molecule has 0 saturated heterocycles. The van der Waals surface area contributed by atoms with E-state index in [1.807, 2.05) is 31.9 Å². The van der Waals surface area contributed by atoms with Crippen LogP contribution in [0.3, 0.4) is 0 Å². The van der Waals surface area contributed by atoms with Gasteiger partial charge in [-0.3, -0.25) is 10.4 Å². The van der Waals surface area contributed by atoms with Crippen LogP contribution in [0, 0.1) is 5.41 Å². The maximum Gasteiger partial charge on any atom is 0.141 e. The van der Waals surface area contributed by atoms with E-state index in [2.05, 4.69) is 4.98 Å². The molecule has 0 bridgehead atoms. The number of aliphatic hydroxyl groups is 1. The van der Waals surface area contributed by atoms with E-state index in [0.717, 1.165) is 5.69 Å². The number of amidine groups is 1. The average molecular weight is 222 g/mol. The molecule has 88 valence electrons. The number of anilines is 1. The minimum atomic E-state index is -0.366. The number of aliphatic hydroxyl groups excluding tert-OH is 1. The summed E-state index contributed by atoms with van der Waals surface area (Å²) in [5.41, 5.74) is 6.33. The second-order valence-corrected chi connectivity index (χ2v) is 4.34. The van der Waals surface area contributed by atoms with Gasteiger partial charge >= 0.3 is 0 Å². The van der Waals surface area contributed by atoms with Crippen LogP contribution in [0.4, 0.5) is 5.69 Å². The van der Waals surface area contributed by atoms with E-state index in [0.29, 0.717) is 5.69 Å². The Labute approximate surface area is 95.4 Å². The van der Waals surface area contributed by atoms with Crippen LogP contribution >= 0.6 is 0 Å². The number of hydrogen-bond acceptors (Lipinski definition) is 4. The van der Waals surface area contributed by atoms with E-state index in [9.17, 15) is 5.11 Å². The second-order valence-electron chi connectivity index (χ2n) is 4.34. The first-order chi connectivity index (χ1) is 7.38. The minimum absolute atomic E-state index is 0.0429. The lowest BCUT2D eigenvalue weighted by molar-refractivity contribution is 0.216. The van der Waals surface area contributed by atoms with Crippen LogP contribution < -0.4 is 10.6 Å². The third-order valence-corrected chi connectivity index (χ3v) is 2.70. The fourth-order valence-corrected chi connectivity index (χ4v) is 1.23. The van der Waals surface area contributed by atoms with Gasteiger partial charge in [0.2, 0.25) is 0 Å². The molecule has 1 heterocycles. The molecule has 0 atom stereocenters. The zero-order valence-corrected chi connectivity index (χ0v) is 9.86. The Morgan fingerprint density at radius 1 is 1.62 bits per heavy atom. The molecular formula is C11H18N4O. The largest absolute Gasteiger partial charge is 0.394 e. The van der Waals surface area contributed by atoms with E-state index in [1.54, 1.807) is 12.3 Å². The van der Waals surface area contributed by atoms with Gasteiger partial charge in [-0.2, -0.15) is 0 Å². The van der Waals surface area contributed by atoms with Gasteiger partial charge in [-0.15, -0.1) is 0 Å². The number of nitrogen functional groups attached to an aromatic ring is 1. The first-order valence-corrected chi connectivity index (χ1v) is 5.03. The Kier molecular flexibility index (Phi) is 3.49. The Bertz CT molecular complexity index is 389. The lowest BCUT2D eigenvalue weighted by Crippen LogP contribution is -2.44. The predicted octanol–water partition coefficient (Wildman–Crippen LogP) is 0.573. The highest BCUT2D eigenvalue weighted by atomic mass is 16.3. The third-order valence-electron chi connectivity index (χ3n) is 2.70. The van der Waals surface area contributed by atoms with Crippen molar-refractivity contribution in [2.75, 3.05) is 18.6 Å². The Morgan fingerprint density at radius 2 is 2.25 bits per heavy atom. The van der Waals surface area contributed by atoms with Crippen LogP contribution in [0.2, 0.25) is 0 Å². The fourth-order valence-electron chi connectivity index (χ4n) is 1.23. The fraction of sp³-hybridized carbons (Fsp3) is 0.455. The summed E-state index contributed by atoms with van der Waals surface area (Å²) < 4.78 is 0. The quantitative estimate of drug-likeness (QED) is 0.513. The summed E-state index contributed by atoms with van der Waals surface area (Å²) in [6.07, 6.45) is 1.61. The minimum Gasteiger partial charge on any atom is -0.394 e. The smallest absolute Gasteiger partial charge is 0.141 e. The summed E-state index contributed by atoms with van der Waals surface area (Å²) in [5, 5.41) is 16.6. The number of likely N-dealkylation sites (N-methyl/N-ethyl adjacent to an activating group) is 1. The third kappa shape index (κ3) is 2.49. The Hall–Kier alpha value is -1.62. The van der Waals surface area contributed by atoms with Crippen LogP contribution in [0.1, 0.15) is 19.5 Å². The molecule has 0 aliphatic heterocycles. The molecule has 0 aliphatic carbocycles. The molecule has 1 rings (SSSR count). The van der Waals surface area contributed by atoms with Crippen molar-refractivity contribution in [1.82, 2.24) is 4.98 Å². The van der Waals surface area contributed by atoms with Gasteiger partial charge in [-0.05, 0) is 26.0 Å². The lowest BCUT2D eigenvalue weighted by Gasteiger charge is -2.35. The maximum absolute atomic E-state index is 9.28. The highest BCUT2D eigenvalue weighted by Crippen LogP contribution is 2.21. The molecular weight excluding hydrogens is 204 g/mol. The van der Waals surface area contributed by atoms with Gasteiger partial charge in [0, 0.05) is 18.9 Å². The molecule has 1 aromatic heterocycles. The highest BCUT2D eigenvalue weighted by molar-refractivity contribution is 5.93. The van der Waals surface area contributed by atoms with Crippen molar-refractivity contribution in [1.29, 1.82) is 5.41 Å². The molecule has 1 aromatic rings. The number of hydrogen-bond donors (Lipinski definition) is 3. The summed E-state index contributed by atoms with van der Waals surface area (Å²) in [6.45, 7) is 3.91. The van der Waals surface area contributed by atoms with Crippen molar-refractivity contribution in [3.8, 4) is 0 Å². The SMILES string of the molecule is CN(c1ccnc(C(=N)N)c1)C(C)(C)CO. The molecule has 16 heavy (non-hydrogen) atoms. The van der Waals surface area contributed by atoms with Crippen molar-refractivity contribution in [3.63, 3.8) is 0 Å². The van der Waals surface area contributed by atoms with E-state index in [4.69, 9.17) is 11.1 Å². The van der Waals surface area contributed by atoms with Crippen LogP contribution in [0.5, 0.6) is 0 Å². The zero-order valence-electron chi connectivity index (χ0n) is 9.86. The van der Waals surface area contributed by atoms with Gasteiger partial charge in [-0.1, -0.05) is 0 Å². The lowest BCUT2D eigenvalue weighted by atomic mass is 10.0. The molecule has 0 fully saturated rings. The summed E-state index contributed by atoms with van der Waals surface area (Å²) >= 11 is 0. The van der Waals surface area contributed by atoms with Crippen molar-refractivity contribution >= 4 is 11.5 Å². The summed E-state index contributed by atoms with van der Waals surface area (Å²) in [7, 11) is 1.88. The number of aromatic nitrogens is 1. The Balaban J connectivity index is 3.05. The molecule has 0 spiro atoms. The molecule has 0 aliphatic rings. The molecule has 0 saturated carbocycles. The molecule has 0 amide bonds. The second kappa shape index (κ2) is 4.49. The van der Waals surface area contributed by atoms with Gasteiger partial charge in [0.1, 0.15) is 11.5 Å². The molecule has 0 unspecified atom stereocenters. The van der Waals surface area contributed by atoms with Gasteiger partial charge in [0.15, 0.2) is 0 Å². The molecule has 0 radical (unpaired) electrons. The normalized spacial score (nSPS) is 11.2.